The summed E-state index contributed by atoms with van der Waals surface area (Å²) in [6.07, 6.45) is 6.70. The second kappa shape index (κ2) is 13.5. The first-order chi connectivity index (χ1) is 16.1. The van der Waals surface area contributed by atoms with Crippen molar-refractivity contribution in [3.63, 3.8) is 0 Å². The summed E-state index contributed by atoms with van der Waals surface area (Å²) in [4.78, 5) is 14.1. The Morgan fingerprint density at radius 3 is 2.58 bits per heavy atom. The van der Waals surface area contributed by atoms with Gasteiger partial charge in [-0.25, -0.2) is 0 Å². The zero-order valence-electron chi connectivity index (χ0n) is 20.0. The van der Waals surface area contributed by atoms with E-state index in [2.05, 4.69) is 25.1 Å². The van der Waals surface area contributed by atoms with Gasteiger partial charge in [-0.05, 0) is 61.9 Å². The minimum absolute atomic E-state index is 0.121. The maximum Gasteiger partial charge on any atom is 0.320 e. The Morgan fingerprint density at radius 2 is 1.88 bits per heavy atom. The number of carbonyl (C=O) groups excluding carboxylic acids is 1. The molecule has 33 heavy (non-hydrogen) atoms. The van der Waals surface area contributed by atoms with Crippen molar-refractivity contribution in [2.75, 3.05) is 20.3 Å². The third-order valence-corrected chi connectivity index (χ3v) is 7.22. The SMILES string of the molecule is CCOC(=O)[C@H](Sc1ccc(OC)cc1)[C@@H]1CCCC/C1=C\[C@H](C)COCc1ccccc1. The van der Waals surface area contributed by atoms with Crippen molar-refractivity contribution in [2.24, 2.45) is 11.8 Å². The highest BCUT2D eigenvalue weighted by Gasteiger charge is 2.34. The minimum Gasteiger partial charge on any atom is -0.497 e. The Kier molecular flexibility index (Phi) is 10.4. The van der Waals surface area contributed by atoms with Gasteiger partial charge in [0.15, 0.2) is 0 Å². The van der Waals surface area contributed by atoms with Crippen LogP contribution in [0.15, 0.2) is 71.1 Å². The third-order valence-electron chi connectivity index (χ3n) is 5.90. The van der Waals surface area contributed by atoms with Gasteiger partial charge in [-0.2, -0.15) is 0 Å². The van der Waals surface area contributed by atoms with Crippen LogP contribution in [-0.2, 0) is 20.9 Å². The first-order valence-corrected chi connectivity index (χ1v) is 12.8. The summed E-state index contributed by atoms with van der Waals surface area (Å²) in [5, 5.41) is -0.248. The van der Waals surface area contributed by atoms with Gasteiger partial charge >= 0.3 is 5.97 Å². The number of thioether (sulfide) groups is 1. The highest BCUT2D eigenvalue weighted by atomic mass is 32.2. The topological polar surface area (TPSA) is 44.8 Å². The number of methoxy groups -OCH3 is 1. The fraction of sp³-hybridized carbons (Fsp3) is 0.464. The monoisotopic (exact) mass is 468 g/mol. The van der Waals surface area contributed by atoms with Crippen LogP contribution in [0, 0.1) is 11.8 Å². The molecule has 0 heterocycles. The standard InChI is InChI=1S/C28H36O4S/c1-4-32-28(29)27(33-25-16-14-24(30-3)15-17-25)26-13-9-8-12-23(26)18-21(2)19-31-20-22-10-6-5-7-11-22/h5-7,10-11,14-18,21,26-27H,4,8-9,12-13,19-20H2,1-3H3/b23-18+/t21-,26+,27+/m0/s1. The van der Waals surface area contributed by atoms with Crippen LogP contribution in [-0.4, -0.2) is 31.5 Å². The van der Waals surface area contributed by atoms with Crippen molar-refractivity contribution >= 4 is 17.7 Å². The van der Waals surface area contributed by atoms with Crippen molar-refractivity contribution in [2.45, 2.75) is 56.3 Å². The molecule has 0 aromatic heterocycles. The van der Waals surface area contributed by atoms with E-state index in [1.165, 1.54) is 17.6 Å². The zero-order valence-corrected chi connectivity index (χ0v) is 20.8. The number of benzene rings is 2. The number of esters is 1. The van der Waals surface area contributed by atoms with Crippen LogP contribution in [0.25, 0.3) is 0 Å². The molecule has 0 unspecified atom stereocenters. The van der Waals surface area contributed by atoms with Crippen molar-refractivity contribution in [3.8, 4) is 5.75 Å². The second-order valence-electron chi connectivity index (χ2n) is 8.54. The molecule has 0 N–H and O–H groups in total. The predicted molar refractivity (Wildman–Crippen MR) is 135 cm³/mol. The van der Waals surface area contributed by atoms with Crippen molar-refractivity contribution in [1.82, 2.24) is 0 Å². The largest absolute Gasteiger partial charge is 0.497 e. The van der Waals surface area contributed by atoms with Crippen molar-refractivity contribution < 1.29 is 19.0 Å². The first kappa shape index (κ1) is 25.4. The highest BCUT2D eigenvalue weighted by molar-refractivity contribution is 8.00. The average molecular weight is 469 g/mol. The van der Waals surface area contributed by atoms with Crippen molar-refractivity contribution in [3.05, 3.63) is 71.8 Å². The summed E-state index contributed by atoms with van der Waals surface area (Å²) in [7, 11) is 1.66. The Morgan fingerprint density at radius 1 is 1.12 bits per heavy atom. The van der Waals surface area contributed by atoms with E-state index in [-0.39, 0.29) is 23.1 Å². The summed E-state index contributed by atoms with van der Waals surface area (Å²) < 4.78 is 16.8. The molecular weight excluding hydrogens is 432 g/mol. The number of rotatable bonds is 11. The van der Waals surface area contributed by atoms with E-state index in [1.807, 2.05) is 49.4 Å². The number of hydrogen-bond acceptors (Lipinski definition) is 5. The molecule has 2 aromatic rings. The number of allylic oxidation sites excluding steroid dienone is 1. The van der Waals surface area contributed by atoms with Gasteiger partial charge in [0.1, 0.15) is 11.0 Å². The molecular formula is C28H36O4S. The quantitative estimate of drug-likeness (QED) is 0.209. The van der Waals surface area contributed by atoms with Crippen molar-refractivity contribution in [1.29, 1.82) is 0 Å². The van der Waals surface area contributed by atoms with E-state index < -0.39 is 0 Å². The molecule has 0 saturated heterocycles. The van der Waals surface area contributed by atoms with E-state index in [9.17, 15) is 4.79 Å². The Balaban J connectivity index is 1.70. The highest BCUT2D eigenvalue weighted by Crippen LogP contribution is 2.41. The van der Waals surface area contributed by atoms with E-state index >= 15 is 0 Å². The Bertz CT molecular complexity index is 879. The van der Waals surface area contributed by atoms with Crippen LogP contribution in [0.2, 0.25) is 0 Å². The summed E-state index contributed by atoms with van der Waals surface area (Å²) in [5.74, 6) is 1.17. The van der Waals surface area contributed by atoms with Crippen LogP contribution < -0.4 is 4.74 Å². The lowest BCUT2D eigenvalue weighted by Gasteiger charge is -2.32. The van der Waals surface area contributed by atoms with Crippen LogP contribution in [0.4, 0.5) is 0 Å². The maximum absolute atomic E-state index is 13.0. The van der Waals surface area contributed by atoms with Crippen LogP contribution in [0.5, 0.6) is 5.75 Å². The molecule has 0 aliphatic heterocycles. The molecule has 1 aliphatic rings. The minimum atomic E-state index is -0.248. The lowest BCUT2D eigenvalue weighted by Crippen LogP contribution is -2.32. The van der Waals surface area contributed by atoms with Gasteiger partial charge in [0.25, 0.3) is 0 Å². The maximum atomic E-state index is 13.0. The molecule has 3 rings (SSSR count). The summed E-state index contributed by atoms with van der Waals surface area (Å²) >= 11 is 1.61. The molecule has 1 saturated carbocycles. The number of hydrogen-bond donors (Lipinski definition) is 0. The second-order valence-corrected chi connectivity index (χ2v) is 9.75. The van der Waals surface area contributed by atoms with Gasteiger partial charge in [0.05, 0.1) is 26.9 Å². The molecule has 1 fully saturated rings. The molecule has 0 spiro atoms. The van der Waals surface area contributed by atoms with Gasteiger partial charge in [-0.1, -0.05) is 55.3 Å². The molecule has 1 aliphatic carbocycles. The van der Waals surface area contributed by atoms with E-state index in [4.69, 9.17) is 14.2 Å². The smallest absolute Gasteiger partial charge is 0.320 e. The molecule has 5 heteroatoms. The molecule has 4 nitrogen and oxygen atoms in total. The molecule has 0 radical (unpaired) electrons. The van der Waals surface area contributed by atoms with E-state index in [0.717, 1.165) is 29.9 Å². The first-order valence-electron chi connectivity index (χ1n) is 11.9. The van der Waals surface area contributed by atoms with Gasteiger partial charge < -0.3 is 14.2 Å². The van der Waals surface area contributed by atoms with Gasteiger partial charge in [-0.15, -0.1) is 11.8 Å². The number of carbonyl (C=O) groups is 1. The molecule has 178 valence electrons. The van der Waals surface area contributed by atoms with Crippen LogP contribution >= 0.6 is 11.8 Å². The lowest BCUT2D eigenvalue weighted by atomic mass is 9.80. The predicted octanol–water partition coefficient (Wildman–Crippen LogP) is 6.69. The summed E-state index contributed by atoms with van der Waals surface area (Å²) in [6.45, 7) is 5.75. The van der Waals surface area contributed by atoms with Crippen LogP contribution in [0.3, 0.4) is 0 Å². The fourth-order valence-corrected chi connectivity index (χ4v) is 5.51. The molecule has 3 atom stereocenters. The van der Waals surface area contributed by atoms with Gasteiger partial charge in [0, 0.05) is 10.8 Å². The van der Waals surface area contributed by atoms with E-state index in [1.54, 1.807) is 18.9 Å². The average Bonchev–Trinajstić information content (AvgIpc) is 2.84. The molecule has 0 bridgehead atoms. The van der Waals surface area contributed by atoms with Gasteiger partial charge in [0.2, 0.25) is 0 Å². The Hall–Kier alpha value is -2.24. The summed E-state index contributed by atoms with van der Waals surface area (Å²) in [5.41, 5.74) is 2.56. The van der Waals surface area contributed by atoms with Crippen LogP contribution in [0.1, 0.15) is 45.1 Å². The molecule has 0 amide bonds. The number of ether oxygens (including phenoxy) is 3. The summed E-state index contributed by atoms with van der Waals surface area (Å²) in [6, 6.07) is 18.2. The van der Waals surface area contributed by atoms with Gasteiger partial charge in [-0.3, -0.25) is 4.79 Å². The zero-order chi connectivity index (χ0) is 23.5. The normalized spacial score (nSPS) is 19.1. The Labute approximate surface area is 202 Å². The molecule has 2 aromatic carbocycles. The third kappa shape index (κ3) is 7.94. The van der Waals surface area contributed by atoms with E-state index in [0.29, 0.717) is 19.8 Å². The fourth-order valence-electron chi connectivity index (χ4n) is 4.29. The lowest BCUT2D eigenvalue weighted by molar-refractivity contribution is -0.143.